The summed E-state index contributed by atoms with van der Waals surface area (Å²) >= 11 is 0. The third-order valence-corrected chi connectivity index (χ3v) is 2.93. The number of unbranched alkanes of at least 4 members (excludes halogenated alkanes) is 2. The molecule has 0 bridgehead atoms. The summed E-state index contributed by atoms with van der Waals surface area (Å²) in [6, 6.07) is 1.95. The van der Waals surface area contributed by atoms with Crippen molar-refractivity contribution in [3.63, 3.8) is 0 Å². The van der Waals surface area contributed by atoms with Crippen LogP contribution in [0.5, 0.6) is 0 Å². The van der Waals surface area contributed by atoms with Gasteiger partial charge < -0.3 is 20.1 Å². The van der Waals surface area contributed by atoms with Crippen molar-refractivity contribution in [3.05, 3.63) is 11.9 Å². The Bertz CT molecular complexity index is 363. The van der Waals surface area contributed by atoms with Gasteiger partial charge in [-0.2, -0.15) is 0 Å². The van der Waals surface area contributed by atoms with Crippen molar-refractivity contribution in [2.24, 2.45) is 0 Å². The smallest absolute Gasteiger partial charge is 0.158 e. The molecule has 1 aromatic heterocycles. The fourth-order valence-electron chi connectivity index (χ4n) is 1.90. The van der Waals surface area contributed by atoms with E-state index in [2.05, 4.69) is 20.2 Å². The molecular formula is C14H26N4O2. The Morgan fingerprint density at radius 3 is 2.75 bits per heavy atom. The zero-order chi connectivity index (χ0) is 14.8. The monoisotopic (exact) mass is 282 g/mol. The molecule has 0 fully saturated rings. The fourth-order valence-corrected chi connectivity index (χ4v) is 1.90. The number of hydrogen-bond donors (Lipinski definition) is 2. The maximum absolute atomic E-state index is 8.78. The van der Waals surface area contributed by atoms with Crippen LogP contribution in [0.4, 0.5) is 11.6 Å². The van der Waals surface area contributed by atoms with Crippen LogP contribution >= 0.6 is 0 Å². The minimum Gasteiger partial charge on any atom is -0.396 e. The molecule has 0 aliphatic carbocycles. The third kappa shape index (κ3) is 5.71. The van der Waals surface area contributed by atoms with Crippen LogP contribution in [-0.4, -0.2) is 48.9 Å². The molecule has 6 nitrogen and oxygen atoms in total. The fraction of sp³-hybridized carbons (Fsp3) is 0.714. The number of nitrogens with zero attached hydrogens (tertiary/aromatic N) is 3. The van der Waals surface area contributed by atoms with Crippen molar-refractivity contribution < 1.29 is 9.84 Å². The lowest BCUT2D eigenvalue weighted by Gasteiger charge is -2.19. The zero-order valence-electron chi connectivity index (χ0n) is 12.7. The van der Waals surface area contributed by atoms with Crippen molar-refractivity contribution in [2.75, 3.05) is 44.1 Å². The highest BCUT2D eigenvalue weighted by Crippen LogP contribution is 2.16. The van der Waals surface area contributed by atoms with E-state index >= 15 is 0 Å². The average Bonchev–Trinajstić information content (AvgIpc) is 2.44. The molecule has 0 aliphatic rings. The van der Waals surface area contributed by atoms with Crippen molar-refractivity contribution in [3.8, 4) is 0 Å². The number of aliphatic hydroxyl groups is 1. The van der Waals surface area contributed by atoms with Crippen LogP contribution in [0.25, 0.3) is 0 Å². The standard InChI is InChI=1S/C14H26N4O2/c1-4-15-12-10-14(17-13(16-12)11-20-3)18(2)8-6-5-7-9-19/h10,19H,4-9,11H2,1-3H3,(H,15,16,17). The predicted molar refractivity (Wildman–Crippen MR) is 81.1 cm³/mol. The van der Waals surface area contributed by atoms with Crippen LogP contribution in [-0.2, 0) is 11.3 Å². The van der Waals surface area contributed by atoms with E-state index in [-0.39, 0.29) is 6.61 Å². The van der Waals surface area contributed by atoms with Gasteiger partial charge >= 0.3 is 0 Å². The molecule has 1 rings (SSSR count). The summed E-state index contributed by atoms with van der Waals surface area (Å²) in [7, 11) is 3.66. The number of methoxy groups -OCH3 is 1. The van der Waals surface area contributed by atoms with Crippen LogP contribution in [0, 0.1) is 0 Å². The number of aliphatic hydroxyl groups excluding tert-OH is 1. The van der Waals surface area contributed by atoms with Gasteiger partial charge in [0.1, 0.15) is 18.2 Å². The van der Waals surface area contributed by atoms with Gasteiger partial charge in [-0.15, -0.1) is 0 Å². The predicted octanol–water partition coefficient (Wildman–Crippen LogP) is 1.65. The lowest BCUT2D eigenvalue weighted by Crippen LogP contribution is -2.21. The Morgan fingerprint density at radius 1 is 1.30 bits per heavy atom. The number of hydrogen-bond acceptors (Lipinski definition) is 6. The van der Waals surface area contributed by atoms with E-state index in [9.17, 15) is 0 Å². The summed E-state index contributed by atoms with van der Waals surface area (Å²) in [6.07, 6.45) is 2.92. The summed E-state index contributed by atoms with van der Waals surface area (Å²) < 4.78 is 5.11. The molecule has 0 saturated heterocycles. The summed E-state index contributed by atoms with van der Waals surface area (Å²) in [5.74, 6) is 2.40. The molecule has 0 aliphatic heterocycles. The van der Waals surface area contributed by atoms with Gasteiger partial charge in [0.05, 0.1) is 0 Å². The van der Waals surface area contributed by atoms with Gasteiger partial charge in [-0.1, -0.05) is 0 Å². The minimum absolute atomic E-state index is 0.264. The van der Waals surface area contributed by atoms with Gasteiger partial charge in [-0.25, -0.2) is 9.97 Å². The highest BCUT2D eigenvalue weighted by molar-refractivity contribution is 5.48. The summed E-state index contributed by atoms with van der Waals surface area (Å²) in [4.78, 5) is 11.0. The first-order valence-corrected chi connectivity index (χ1v) is 7.14. The summed E-state index contributed by atoms with van der Waals surface area (Å²) in [6.45, 7) is 4.44. The highest BCUT2D eigenvalue weighted by atomic mass is 16.5. The van der Waals surface area contributed by atoms with E-state index in [1.807, 2.05) is 20.0 Å². The average molecular weight is 282 g/mol. The van der Waals surface area contributed by atoms with Crippen molar-refractivity contribution in [2.45, 2.75) is 32.8 Å². The first kappa shape index (κ1) is 16.7. The molecule has 0 aromatic carbocycles. The maximum atomic E-state index is 8.78. The van der Waals surface area contributed by atoms with Gasteiger partial charge in [0.25, 0.3) is 0 Å². The second kappa shape index (κ2) is 9.50. The van der Waals surface area contributed by atoms with Crippen LogP contribution in [0.2, 0.25) is 0 Å². The molecule has 1 aromatic rings. The lowest BCUT2D eigenvalue weighted by atomic mass is 10.2. The molecule has 0 spiro atoms. The number of anilines is 2. The van der Waals surface area contributed by atoms with E-state index in [1.165, 1.54) is 0 Å². The number of aromatic nitrogens is 2. The molecule has 0 saturated carbocycles. The molecule has 0 amide bonds. The largest absolute Gasteiger partial charge is 0.396 e. The van der Waals surface area contributed by atoms with Gasteiger partial charge in [0.15, 0.2) is 5.82 Å². The van der Waals surface area contributed by atoms with Crippen LogP contribution in [0.15, 0.2) is 6.07 Å². The Balaban J connectivity index is 2.70. The van der Waals surface area contributed by atoms with Crippen molar-refractivity contribution in [1.29, 1.82) is 0 Å². The molecule has 114 valence electrons. The Labute approximate surface area is 121 Å². The first-order valence-electron chi connectivity index (χ1n) is 7.14. The Morgan fingerprint density at radius 2 is 2.10 bits per heavy atom. The van der Waals surface area contributed by atoms with E-state index in [4.69, 9.17) is 9.84 Å². The molecular weight excluding hydrogens is 256 g/mol. The van der Waals surface area contributed by atoms with Gasteiger partial charge in [0, 0.05) is 39.9 Å². The summed E-state index contributed by atoms with van der Waals surface area (Å²) in [5, 5.41) is 12.0. The minimum atomic E-state index is 0.264. The molecule has 20 heavy (non-hydrogen) atoms. The number of rotatable bonds is 10. The van der Waals surface area contributed by atoms with Crippen molar-refractivity contribution in [1.82, 2.24) is 9.97 Å². The van der Waals surface area contributed by atoms with E-state index < -0.39 is 0 Å². The lowest BCUT2D eigenvalue weighted by molar-refractivity contribution is 0.178. The molecule has 6 heteroatoms. The van der Waals surface area contributed by atoms with Crippen LogP contribution < -0.4 is 10.2 Å². The second-order valence-electron chi connectivity index (χ2n) is 4.70. The molecule has 0 radical (unpaired) electrons. The molecule has 0 unspecified atom stereocenters. The topological polar surface area (TPSA) is 70.5 Å². The number of nitrogens with one attached hydrogen (secondary N) is 1. The third-order valence-electron chi connectivity index (χ3n) is 2.93. The summed E-state index contributed by atoms with van der Waals surface area (Å²) in [5.41, 5.74) is 0. The van der Waals surface area contributed by atoms with E-state index in [0.717, 1.165) is 44.0 Å². The van der Waals surface area contributed by atoms with Gasteiger partial charge in [-0.05, 0) is 26.2 Å². The Hall–Kier alpha value is -1.40. The molecule has 1 heterocycles. The maximum Gasteiger partial charge on any atom is 0.158 e. The van der Waals surface area contributed by atoms with E-state index in [0.29, 0.717) is 12.4 Å². The molecule has 2 N–H and O–H groups in total. The Kier molecular flexibility index (Phi) is 7.91. The first-order chi connectivity index (χ1) is 9.71. The van der Waals surface area contributed by atoms with Gasteiger partial charge in [0.2, 0.25) is 0 Å². The van der Waals surface area contributed by atoms with Crippen LogP contribution in [0.1, 0.15) is 32.0 Å². The van der Waals surface area contributed by atoms with E-state index in [1.54, 1.807) is 7.11 Å². The zero-order valence-corrected chi connectivity index (χ0v) is 12.7. The molecule has 0 atom stereocenters. The second-order valence-corrected chi connectivity index (χ2v) is 4.70. The van der Waals surface area contributed by atoms with Crippen LogP contribution in [0.3, 0.4) is 0 Å². The highest BCUT2D eigenvalue weighted by Gasteiger charge is 2.08. The SMILES string of the molecule is CCNc1cc(N(C)CCCCCO)nc(COC)n1. The van der Waals surface area contributed by atoms with Gasteiger partial charge in [-0.3, -0.25) is 0 Å². The van der Waals surface area contributed by atoms with Crippen molar-refractivity contribution >= 4 is 11.6 Å². The number of ether oxygens (including phenoxy) is 1. The quantitative estimate of drug-likeness (QED) is 0.636. The normalized spacial score (nSPS) is 10.6.